The molecule has 6 heteroatoms. The molecule has 0 unspecified atom stereocenters. The van der Waals surface area contributed by atoms with E-state index in [1.807, 2.05) is 7.05 Å². The minimum atomic E-state index is -0.130. The van der Waals surface area contributed by atoms with Gasteiger partial charge in [-0.1, -0.05) is 6.42 Å². The van der Waals surface area contributed by atoms with Gasteiger partial charge in [0.1, 0.15) is 5.52 Å². The Balaban J connectivity index is 0.000000205. The Morgan fingerprint density at radius 2 is 2.05 bits per heavy atom. The van der Waals surface area contributed by atoms with Crippen molar-refractivity contribution in [1.29, 1.82) is 0 Å². The van der Waals surface area contributed by atoms with Crippen LogP contribution in [0.3, 0.4) is 0 Å². The fourth-order valence-electron chi connectivity index (χ4n) is 2.16. The summed E-state index contributed by atoms with van der Waals surface area (Å²) in [7, 11) is 1.83. The highest BCUT2D eigenvalue weighted by atomic mass is 16.1. The molecule has 0 bridgehead atoms. The number of hydrogen-bond donors (Lipinski definition) is 3. The van der Waals surface area contributed by atoms with E-state index < -0.39 is 0 Å². The summed E-state index contributed by atoms with van der Waals surface area (Å²) < 4.78 is 0. The van der Waals surface area contributed by atoms with Gasteiger partial charge in [-0.05, 0) is 39.0 Å². The number of nitrogens with one attached hydrogen (secondary N) is 3. The lowest BCUT2D eigenvalue weighted by Gasteiger charge is -2.08. The molecule has 0 aliphatic carbocycles. The van der Waals surface area contributed by atoms with Crippen molar-refractivity contribution in [2.75, 3.05) is 20.1 Å². The zero-order chi connectivity index (χ0) is 14.2. The number of hydrogen-bond acceptors (Lipinski definition) is 5. The van der Waals surface area contributed by atoms with Crippen molar-refractivity contribution in [1.82, 2.24) is 25.6 Å². The van der Waals surface area contributed by atoms with Gasteiger partial charge in [-0.2, -0.15) is 0 Å². The SMILES string of the molecule is C1CCNCC1.CNCc1nccc2c(=O)[nH]cnc12. The van der Waals surface area contributed by atoms with E-state index in [2.05, 4.69) is 25.6 Å². The first-order valence-electron chi connectivity index (χ1n) is 6.99. The zero-order valence-electron chi connectivity index (χ0n) is 11.8. The molecule has 0 atom stereocenters. The van der Waals surface area contributed by atoms with E-state index in [4.69, 9.17) is 0 Å². The molecule has 20 heavy (non-hydrogen) atoms. The van der Waals surface area contributed by atoms with E-state index in [-0.39, 0.29) is 5.56 Å². The number of nitrogens with zero attached hydrogens (tertiary/aromatic N) is 2. The normalized spacial score (nSPS) is 14.7. The van der Waals surface area contributed by atoms with Crippen molar-refractivity contribution >= 4 is 10.9 Å². The summed E-state index contributed by atoms with van der Waals surface area (Å²) in [6.45, 7) is 3.10. The molecular formula is C14H21N5O. The molecule has 3 rings (SSSR count). The lowest BCUT2D eigenvalue weighted by molar-refractivity contribution is 0.520. The second kappa shape index (κ2) is 7.72. The number of H-pyrrole nitrogens is 1. The average molecular weight is 275 g/mol. The van der Waals surface area contributed by atoms with Crippen LogP contribution in [-0.2, 0) is 6.54 Å². The molecule has 1 aliphatic heterocycles. The van der Waals surface area contributed by atoms with Gasteiger partial charge in [-0.3, -0.25) is 9.78 Å². The molecule has 1 aliphatic rings. The summed E-state index contributed by atoms with van der Waals surface area (Å²) in [5.41, 5.74) is 1.32. The Labute approximate surface area is 118 Å². The van der Waals surface area contributed by atoms with E-state index in [0.29, 0.717) is 17.4 Å². The Morgan fingerprint density at radius 1 is 1.25 bits per heavy atom. The minimum Gasteiger partial charge on any atom is -0.317 e. The molecule has 0 spiro atoms. The van der Waals surface area contributed by atoms with Gasteiger partial charge in [-0.15, -0.1) is 0 Å². The van der Waals surface area contributed by atoms with Crippen LogP contribution in [0.4, 0.5) is 0 Å². The topological polar surface area (TPSA) is 82.7 Å². The van der Waals surface area contributed by atoms with Crippen LogP contribution in [-0.4, -0.2) is 35.1 Å². The molecular weight excluding hydrogens is 254 g/mol. The van der Waals surface area contributed by atoms with E-state index in [1.165, 1.54) is 38.7 Å². The predicted octanol–water partition coefficient (Wildman–Crippen LogP) is 0.797. The smallest absolute Gasteiger partial charge is 0.258 e. The van der Waals surface area contributed by atoms with Crippen molar-refractivity contribution in [3.8, 4) is 0 Å². The lowest BCUT2D eigenvalue weighted by Crippen LogP contribution is -2.21. The molecule has 108 valence electrons. The summed E-state index contributed by atoms with van der Waals surface area (Å²) in [4.78, 5) is 22.2. The zero-order valence-corrected chi connectivity index (χ0v) is 11.8. The number of aromatic amines is 1. The number of fused-ring (bicyclic) bond motifs is 1. The molecule has 0 radical (unpaired) electrons. The van der Waals surface area contributed by atoms with Crippen LogP contribution < -0.4 is 16.2 Å². The van der Waals surface area contributed by atoms with E-state index in [9.17, 15) is 4.79 Å². The van der Waals surface area contributed by atoms with Crippen molar-refractivity contribution in [2.24, 2.45) is 0 Å². The van der Waals surface area contributed by atoms with E-state index >= 15 is 0 Å². The van der Waals surface area contributed by atoms with Gasteiger partial charge in [-0.25, -0.2) is 4.98 Å². The van der Waals surface area contributed by atoms with Crippen LogP contribution in [0, 0.1) is 0 Å². The third-order valence-corrected chi connectivity index (χ3v) is 3.19. The number of aromatic nitrogens is 3. The Hall–Kier alpha value is -1.79. The maximum absolute atomic E-state index is 11.4. The Kier molecular flexibility index (Phi) is 5.64. The summed E-state index contributed by atoms with van der Waals surface area (Å²) in [5, 5.41) is 6.84. The van der Waals surface area contributed by atoms with Gasteiger partial charge < -0.3 is 15.6 Å². The molecule has 0 aromatic carbocycles. The standard InChI is InChI=1S/C9H10N4O.C5H11N/c1-10-4-7-8-6(2-3-11-7)9(14)13-5-12-8;1-2-4-6-5-3-1/h2-3,5,10H,4H2,1H3,(H,12,13,14);6H,1-5H2. The molecule has 0 amide bonds. The summed E-state index contributed by atoms with van der Waals surface area (Å²) >= 11 is 0. The Bertz CT molecular complexity index is 580. The third-order valence-electron chi connectivity index (χ3n) is 3.19. The molecule has 1 saturated heterocycles. The van der Waals surface area contributed by atoms with Crippen molar-refractivity contribution in [2.45, 2.75) is 25.8 Å². The van der Waals surface area contributed by atoms with Gasteiger partial charge in [0.05, 0.1) is 17.4 Å². The summed E-state index contributed by atoms with van der Waals surface area (Å²) in [6, 6.07) is 1.67. The second-order valence-electron chi connectivity index (χ2n) is 4.73. The molecule has 2 aromatic heterocycles. The molecule has 3 N–H and O–H groups in total. The van der Waals surface area contributed by atoms with Crippen molar-refractivity contribution in [3.63, 3.8) is 0 Å². The molecule has 3 heterocycles. The quantitative estimate of drug-likeness (QED) is 0.755. The van der Waals surface area contributed by atoms with Gasteiger partial charge in [0.15, 0.2) is 0 Å². The second-order valence-corrected chi connectivity index (χ2v) is 4.73. The average Bonchev–Trinajstić information content (AvgIpc) is 2.51. The Morgan fingerprint density at radius 3 is 2.65 bits per heavy atom. The first-order valence-corrected chi connectivity index (χ1v) is 6.99. The fourth-order valence-corrected chi connectivity index (χ4v) is 2.16. The van der Waals surface area contributed by atoms with Crippen LogP contribution in [0.15, 0.2) is 23.4 Å². The van der Waals surface area contributed by atoms with Crippen LogP contribution >= 0.6 is 0 Å². The minimum absolute atomic E-state index is 0.130. The van der Waals surface area contributed by atoms with E-state index in [1.54, 1.807) is 12.3 Å². The number of pyridine rings is 1. The van der Waals surface area contributed by atoms with Gasteiger partial charge in [0, 0.05) is 12.7 Å². The van der Waals surface area contributed by atoms with E-state index in [0.717, 1.165) is 5.69 Å². The van der Waals surface area contributed by atoms with Crippen LogP contribution in [0.2, 0.25) is 0 Å². The highest BCUT2D eigenvalue weighted by molar-refractivity contribution is 5.78. The first kappa shape index (κ1) is 14.6. The number of rotatable bonds is 2. The van der Waals surface area contributed by atoms with Gasteiger partial charge in [0.25, 0.3) is 5.56 Å². The predicted molar refractivity (Wildman–Crippen MR) is 79.6 cm³/mol. The molecule has 6 nitrogen and oxygen atoms in total. The van der Waals surface area contributed by atoms with Crippen LogP contribution in [0.25, 0.3) is 10.9 Å². The van der Waals surface area contributed by atoms with Gasteiger partial charge >= 0.3 is 0 Å². The molecule has 2 aromatic rings. The summed E-state index contributed by atoms with van der Waals surface area (Å²) in [5.74, 6) is 0. The lowest BCUT2D eigenvalue weighted by atomic mass is 10.2. The van der Waals surface area contributed by atoms with Crippen molar-refractivity contribution in [3.05, 3.63) is 34.6 Å². The number of piperidine rings is 1. The largest absolute Gasteiger partial charge is 0.317 e. The van der Waals surface area contributed by atoms with Crippen LogP contribution in [0.1, 0.15) is 25.0 Å². The maximum atomic E-state index is 11.4. The fraction of sp³-hybridized carbons (Fsp3) is 0.500. The maximum Gasteiger partial charge on any atom is 0.258 e. The van der Waals surface area contributed by atoms with Crippen LogP contribution in [0.5, 0.6) is 0 Å². The highest BCUT2D eigenvalue weighted by Gasteiger charge is 2.04. The first-order chi connectivity index (χ1) is 9.83. The van der Waals surface area contributed by atoms with Crippen molar-refractivity contribution < 1.29 is 0 Å². The summed E-state index contributed by atoms with van der Waals surface area (Å²) in [6.07, 6.45) is 7.23. The molecule has 0 saturated carbocycles. The monoisotopic (exact) mass is 275 g/mol. The van der Waals surface area contributed by atoms with Gasteiger partial charge in [0.2, 0.25) is 0 Å². The molecule has 1 fully saturated rings. The highest BCUT2D eigenvalue weighted by Crippen LogP contribution is 2.08. The third kappa shape index (κ3) is 3.85.